The molecule has 140 valence electrons. The lowest BCUT2D eigenvalue weighted by atomic mass is 10.2. The van der Waals surface area contributed by atoms with Gasteiger partial charge in [0.2, 0.25) is 0 Å². The van der Waals surface area contributed by atoms with Crippen LogP contribution in [0.25, 0.3) is 0 Å². The van der Waals surface area contributed by atoms with E-state index in [4.69, 9.17) is 4.74 Å². The molecule has 0 unspecified atom stereocenters. The number of carbonyl (C=O) groups excluding carboxylic acids is 1. The average molecular weight is 395 g/mol. The van der Waals surface area contributed by atoms with Crippen LogP contribution in [0.1, 0.15) is 30.1 Å². The van der Waals surface area contributed by atoms with Gasteiger partial charge in [0.25, 0.3) is 15.9 Å². The van der Waals surface area contributed by atoms with Crippen molar-refractivity contribution >= 4 is 27.3 Å². The summed E-state index contributed by atoms with van der Waals surface area (Å²) in [6.07, 6.45) is 1.54. The third-order valence-electron chi connectivity index (χ3n) is 4.31. The summed E-state index contributed by atoms with van der Waals surface area (Å²) >= 11 is 1.22. The molecule has 8 heteroatoms. The molecule has 0 aliphatic carbocycles. The standard InChI is InChI=1S/C18H22N2O4S2/c1-2-24-16-9-7-14(8-10-16)18(21)19-13-15-5-3-11-20(15)26(22,23)17-6-4-12-25-17/h4,6-10,12,15H,2-3,5,11,13H2,1H3,(H,19,21)/t15-/m1/s1. The zero-order chi connectivity index (χ0) is 18.6. The first kappa shape index (κ1) is 18.9. The minimum Gasteiger partial charge on any atom is -0.494 e. The van der Waals surface area contributed by atoms with E-state index in [2.05, 4.69) is 5.32 Å². The average Bonchev–Trinajstić information content (AvgIpc) is 3.33. The van der Waals surface area contributed by atoms with Crippen LogP contribution in [-0.2, 0) is 10.0 Å². The molecule has 0 spiro atoms. The second kappa shape index (κ2) is 8.20. The fraction of sp³-hybridized carbons (Fsp3) is 0.389. The smallest absolute Gasteiger partial charge is 0.252 e. The van der Waals surface area contributed by atoms with E-state index in [1.807, 2.05) is 6.92 Å². The van der Waals surface area contributed by atoms with Gasteiger partial charge in [-0.15, -0.1) is 11.3 Å². The molecule has 1 aliphatic heterocycles. The van der Waals surface area contributed by atoms with Crippen molar-refractivity contribution in [3.63, 3.8) is 0 Å². The SMILES string of the molecule is CCOc1ccc(C(=O)NC[C@H]2CCCN2S(=O)(=O)c2cccs2)cc1. The van der Waals surface area contributed by atoms with E-state index in [1.54, 1.807) is 41.8 Å². The van der Waals surface area contributed by atoms with Crippen LogP contribution < -0.4 is 10.1 Å². The highest BCUT2D eigenvalue weighted by Crippen LogP contribution is 2.28. The summed E-state index contributed by atoms with van der Waals surface area (Å²) in [6.45, 7) is 3.26. The molecule has 1 aromatic heterocycles. The van der Waals surface area contributed by atoms with Crippen LogP contribution in [0.15, 0.2) is 46.0 Å². The lowest BCUT2D eigenvalue weighted by Gasteiger charge is -2.23. The van der Waals surface area contributed by atoms with Crippen LogP contribution in [0.2, 0.25) is 0 Å². The van der Waals surface area contributed by atoms with Gasteiger partial charge in [0.05, 0.1) is 6.61 Å². The Kier molecular flexibility index (Phi) is 5.95. The first-order valence-electron chi connectivity index (χ1n) is 8.59. The molecule has 26 heavy (non-hydrogen) atoms. The number of sulfonamides is 1. The molecule has 1 atom stereocenters. The Morgan fingerprint density at radius 3 is 2.73 bits per heavy atom. The molecule has 1 saturated heterocycles. The largest absolute Gasteiger partial charge is 0.494 e. The van der Waals surface area contributed by atoms with Gasteiger partial charge in [0, 0.05) is 24.7 Å². The summed E-state index contributed by atoms with van der Waals surface area (Å²) < 4.78 is 32.7. The number of benzene rings is 1. The first-order chi connectivity index (χ1) is 12.5. The van der Waals surface area contributed by atoms with Crippen molar-refractivity contribution in [1.29, 1.82) is 0 Å². The molecule has 0 radical (unpaired) electrons. The Hall–Kier alpha value is -1.90. The molecule has 0 bridgehead atoms. The summed E-state index contributed by atoms with van der Waals surface area (Å²) in [5, 5.41) is 4.61. The predicted molar refractivity (Wildman–Crippen MR) is 101 cm³/mol. The third kappa shape index (κ3) is 4.08. The summed E-state index contributed by atoms with van der Waals surface area (Å²) in [4.78, 5) is 12.3. The molecular formula is C18H22N2O4S2. The van der Waals surface area contributed by atoms with Gasteiger partial charge in [-0.3, -0.25) is 4.79 Å². The van der Waals surface area contributed by atoms with Crippen molar-refractivity contribution in [3.05, 3.63) is 47.3 Å². The summed E-state index contributed by atoms with van der Waals surface area (Å²) in [5.74, 6) is 0.501. The number of ether oxygens (including phenoxy) is 1. The Morgan fingerprint density at radius 2 is 2.08 bits per heavy atom. The van der Waals surface area contributed by atoms with Gasteiger partial charge in [-0.1, -0.05) is 6.07 Å². The molecule has 1 aliphatic rings. The maximum Gasteiger partial charge on any atom is 0.252 e. The van der Waals surface area contributed by atoms with Crippen LogP contribution in [0.3, 0.4) is 0 Å². The molecule has 2 heterocycles. The highest BCUT2D eigenvalue weighted by atomic mass is 32.2. The summed E-state index contributed by atoms with van der Waals surface area (Å²) in [5.41, 5.74) is 0.527. The number of hydrogen-bond donors (Lipinski definition) is 1. The normalized spacial score (nSPS) is 18.0. The van der Waals surface area contributed by atoms with E-state index in [0.29, 0.717) is 35.2 Å². The molecule has 0 saturated carbocycles. The molecule has 6 nitrogen and oxygen atoms in total. The van der Waals surface area contributed by atoms with Gasteiger partial charge in [-0.2, -0.15) is 4.31 Å². The lowest BCUT2D eigenvalue weighted by molar-refractivity contribution is 0.0946. The minimum atomic E-state index is -3.48. The van der Waals surface area contributed by atoms with Crippen LogP contribution in [0.4, 0.5) is 0 Å². The summed E-state index contributed by atoms with van der Waals surface area (Å²) in [6, 6.07) is 10.0. The van der Waals surface area contributed by atoms with Crippen LogP contribution in [0.5, 0.6) is 5.75 Å². The van der Waals surface area contributed by atoms with Gasteiger partial charge < -0.3 is 10.1 Å². The highest BCUT2D eigenvalue weighted by molar-refractivity contribution is 7.91. The van der Waals surface area contributed by atoms with Crippen molar-refractivity contribution in [2.24, 2.45) is 0 Å². The van der Waals surface area contributed by atoms with E-state index >= 15 is 0 Å². The number of hydrogen-bond acceptors (Lipinski definition) is 5. The van der Waals surface area contributed by atoms with Gasteiger partial charge in [0.1, 0.15) is 9.96 Å². The van der Waals surface area contributed by atoms with E-state index in [9.17, 15) is 13.2 Å². The molecule has 1 aromatic carbocycles. The molecule has 1 amide bonds. The summed E-state index contributed by atoms with van der Waals surface area (Å²) in [7, 11) is -3.48. The van der Waals surface area contributed by atoms with Crippen molar-refractivity contribution < 1.29 is 17.9 Å². The monoisotopic (exact) mass is 394 g/mol. The number of nitrogens with zero attached hydrogens (tertiary/aromatic N) is 1. The second-order valence-corrected chi connectivity index (χ2v) is 9.08. The van der Waals surface area contributed by atoms with Gasteiger partial charge in [-0.25, -0.2) is 8.42 Å². The predicted octanol–water partition coefficient (Wildman–Crippen LogP) is 2.73. The van der Waals surface area contributed by atoms with Crippen LogP contribution >= 0.6 is 11.3 Å². The lowest BCUT2D eigenvalue weighted by Crippen LogP contribution is -2.42. The van der Waals surface area contributed by atoms with Gasteiger partial charge >= 0.3 is 0 Å². The molecule has 2 aromatic rings. The Bertz CT molecular complexity index is 833. The van der Waals surface area contributed by atoms with Crippen molar-refractivity contribution in [2.45, 2.75) is 30.0 Å². The fourth-order valence-corrected chi connectivity index (χ4v) is 5.85. The Morgan fingerprint density at radius 1 is 1.31 bits per heavy atom. The van der Waals surface area contributed by atoms with E-state index < -0.39 is 10.0 Å². The minimum absolute atomic E-state index is 0.214. The third-order valence-corrected chi connectivity index (χ3v) is 7.63. The van der Waals surface area contributed by atoms with Crippen LogP contribution in [0, 0.1) is 0 Å². The van der Waals surface area contributed by atoms with Crippen molar-refractivity contribution in [2.75, 3.05) is 19.7 Å². The zero-order valence-electron chi connectivity index (χ0n) is 14.6. The van der Waals surface area contributed by atoms with Crippen LogP contribution in [-0.4, -0.2) is 44.4 Å². The quantitative estimate of drug-likeness (QED) is 0.783. The van der Waals surface area contributed by atoms with Crippen molar-refractivity contribution in [1.82, 2.24) is 9.62 Å². The number of rotatable bonds is 7. The maximum atomic E-state index is 12.7. The van der Waals surface area contributed by atoms with E-state index in [-0.39, 0.29) is 11.9 Å². The number of carbonyl (C=O) groups is 1. The highest BCUT2D eigenvalue weighted by Gasteiger charge is 2.35. The molecular weight excluding hydrogens is 372 g/mol. The maximum absolute atomic E-state index is 12.7. The zero-order valence-corrected chi connectivity index (χ0v) is 16.2. The molecule has 1 fully saturated rings. The molecule has 3 rings (SSSR count). The topological polar surface area (TPSA) is 75.7 Å². The Labute approximate surface area is 157 Å². The van der Waals surface area contributed by atoms with E-state index in [0.717, 1.165) is 12.8 Å². The van der Waals surface area contributed by atoms with Gasteiger partial charge in [-0.05, 0) is 55.5 Å². The Balaban J connectivity index is 1.62. The first-order valence-corrected chi connectivity index (χ1v) is 10.9. The van der Waals surface area contributed by atoms with Crippen molar-refractivity contribution in [3.8, 4) is 5.75 Å². The van der Waals surface area contributed by atoms with Gasteiger partial charge in [0.15, 0.2) is 0 Å². The molecule has 1 N–H and O–H groups in total. The number of thiophene rings is 1. The number of amides is 1. The van der Waals surface area contributed by atoms with E-state index in [1.165, 1.54) is 15.6 Å². The second-order valence-electron chi connectivity index (χ2n) is 6.01. The fourth-order valence-electron chi connectivity index (χ4n) is 3.04. The number of nitrogens with one attached hydrogen (secondary N) is 1.